The Bertz CT molecular complexity index is 271. The van der Waals surface area contributed by atoms with Gasteiger partial charge >= 0.3 is 5.97 Å². The molecule has 0 fully saturated rings. The van der Waals surface area contributed by atoms with Gasteiger partial charge in [0.1, 0.15) is 12.4 Å². The summed E-state index contributed by atoms with van der Waals surface area (Å²) < 4.78 is 16.4. The molecule has 0 aliphatic rings. The van der Waals surface area contributed by atoms with Crippen molar-refractivity contribution in [2.45, 2.75) is 6.67 Å². The van der Waals surface area contributed by atoms with Gasteiger partial charge in [-0.15, -0.1) is 0 Å². The van der Waals surface area contributed by atoms with E-state index in [0.717, 1.165) is 0 Å². The van der Waals surface area contributed by atoms with Crippen LogP contribution in [0.1, 0.15) is 16.1 Å². The summed E-state index contributed by atoms with van der Waals surface area (Å²) in [4.78, 5) is 14.5. The van der Waals surface area contributed by atoms with E-state index >= 15 is 0 Å². The maximum absolute atomic E-state index is 12.0. The lowest BCUT2D eigenvalue weighted by Gasteiger charge is -1.97. The number of carbonyl (C=O) groups is 1. The van der Waals surface area contributed by atoms with Crippen LogP contribution in [-0.4, -0.2) is 18.1 Å². The Morgan fingerprint density at radius 3 is 2.83 bits per heavy atom. The van der Waals surface area contributed by atoms with Gasteiger partial charge < -0.3 is 4.74 Å². The molecule has 64 valence electrons. The summed E-state index contributed by atoms with van der Waals surface area (Å²) in [5.74, 6) is -0.514. The Kier molecular flexibility index (Phi) is 2.74. The lowest BCUT2D eigenvalue weighted by molar-refractivity contribution is 0.0594. The number of methoxy groups -OCH3 is 1. The maximum atomic E-state index is 12.0. The minimum atomic E-state index is -0.575. The van der Waals surface area contributed by atoms with Crippen molar-refractivity contribution >= 4 is 5.97 Å². The van der Waals surface area contributed by atoms with Crippen molar-refractivity contribution in [3.63, 3.8) is 0 Å². The van der Waals surface area contributed by atoms with E-state index in [1.807, 2.05) is 0 Å². The van der Waals surface area contributed by atoms with E-state index in [2.05, 4.69) is 9.72 Å². The zero-order chi connectivity index (χ0) is 8.97. The topological polar surface area (TPSA) is 39.2 Å². The fraction of sp³-hybridized carbons (Fsp3) is 0.250. The number of carbonyl (C=O) groups excluding carboxylic acids is 1. The average Bonchev–Trinajstić information content (AvgIpc) is 2.17. The molecule has 1 aromatic rings. The second-order valence-electron chi connectivity index (χ2n) is 2.18. The number of nitrogens with zero attached hydrogens (tertiary/aromatic N) is 1. The predicted octanol–water partition coefficient (Wildman–Crippen LogP) is 1.34. The summed E-state index contributed by atoms with van der Waals surface area (Å²) in [6.45, 7) is -0.575. The van der Waals surface area contributed by atoms with Crippen LogP contribution in [0.5, 0.6) is 0 Å². The molecule has 1 heterocycles. The fourth-order valence-corrected chi connectivity index (χ4v) is 0.729. The number of esters is 1. The molecule has 0 N–H and O–H groups in total. The molecule has 0 saturated carbocycles. The van der Waals surface area contributed by atoms with Gasteiger partial charge in [-0.1, -0.05) is 6.07 Å². The summed E-state index contributed by atoms with van der Waals surface area (Å²) in [6.07, 6.45) is 1.31. The van der Waals surface area contributed by atoms with Crippen molar-refractivity contribution in [2.24, 2.45) is 0 Å². The van der Waals surface area contributed by atoms with Gasteiger partial charge in [-0.25, -0.2) is 14.2 Å². The van der Waals surface area contributed by atoms with Crippen LogP contribution in [0.2, 0.25) is 0 Å². The third-order valence-corrected chi connectivity index (χ3v) is 1.37. The van der Waals surface area contributed by atoms with Crippen LogP contribution in [0.25, 0.3) is 0 Å². The number of halogens is 1. The number of pyridine rings is 1. The molecule has 0 amide bonds. The van der Waals surface area contributed by atoms with E-state index in [1.165, 1.54) is 25.4 Å². The van der Waals surface area contributed by atoms with Crippen molar-refractivity contribution in [3.05, 3.63) is 29.6 Å². The average molecular weight is 169 g/mol. The van der Waals surface area contributed by atoms with Crippen LogP contribution in [0.15, 0.2) is 18.3 Å². The summed E-state index contributed by atoms with van der Waals surface area (Å²) in [6, 6.07) is 2.93. The van der Waals surface area contributed by atoms with E-state index in [0.29, 0.717) is 5.56 Å². The van der Waals surface area contributed by atoms with Gasteiger partial charge in [-0.05, 0) is 6.07 Å². The van der Waals surface area contributed by atoms with Crippen LogP contribution in [0.4, 0.5) is 4.39 Å². The first-order valence-electron chi connectivity index (χ1n) is 3.37. The van der Waals surface area contributed by atoms with Gasteiger partial charge in [0.25, 0.3) is 0 Å². The Morgan fingerprint density at radius 1 is 1.67 bits per heavy atom. The second-order valence-corrected chi connectivity index (χ2v) is 2.18. The lowest BCUT2D eigenvalue weighted by atomic mass is 10.3. The van der Waals surface area contributed by atoms with E-state index in [-0.39, 0.29) is 5.69 Å². The molecule has 0 aromatic carbocycles. The van der Waals surface area contributed by atoms with Crippen LogP contribution >= 0.6 is 0 Å². The van der Waals surface area contributed by atoms with Gasteiger partial charge in [-0.3, -0.25) is 0 Å². The Hall–Kier alpha value is -1.45. The first kappa shape index (κ1) is 8.64. The first-order chi connectivity index (χ1) is 5.77. The molecule has 1 rings (SSSR count). The Morgan fingerprint density at radius 2 is 2.42 bits per heavy atom. The van der Waals surface area contributed by atoms with Gasteiger partial charge in [0, 0.05) is 11.8 Å². The van der Waals surface area contributed by atoms with Crippen molar-refractivity contribution in [1.29, 1.82) is 0 Å². The number of ether oxygens (including phenoxy) is 1. The lowest BCUT2D eigenvalue weighted by Crippen LogP contribution is -2.03. The summed E-state index contributed by atoms with van der Waals surface area (Å²) >= 11 is 0. The third kappa shape index (κ3) is 1.78. The zero-order valence-corrected chi connectivity index (χ0v) is 6.58. The summed E-state index contributed by atoms with van der Waals surface area (Å²) in [5, 5.41) is 0. The van der Waals surface area contributed by atoms with E-state index < -0.39 is 12.6 Å². The van der Waals surface area contributed by atoms with Crippen molar-refractivity contribution in [1.82, 2.24) is 4.98 Å². The zero-order valence-electron chi connectivity index (χ0n) is 6.58. The number of alkyl halides is 1. The van der Waals surface area contributed by atoms with E-state index in [1.54, 1.807) is 0 Å². The monoisotopic (exact) mass is 169 g/mol. The van der Waals surface area contributed by atoms with E-state index in [9.17, 15) is 9.18 Å². The van der Waals surface area contributed by atoms with Crippen LogP contribution < -0.4 is 0 Å². The highest BCUT2D eigenvalue weighted by Crippen LogP contribution is 2.02. The van der Waals surface area contributed by atoms with E-state index in [4.69, 9.17) is 0 Å². The van der Waals surface area contributed by atoms with Crippen LogP contribution in [-0.2, 0) is 11.4 Å². The quantitative estimate of drug-likeness (QED) is 0.627. The fourth-order valence-electron chi connectivity index (χ4n) is 0.729. The van der Waals surface area contributed by atoms with Crippen LogP contribution in [0.3, 0.4) is 0 Å². The summed E-state index contributed by atoms with van der Waals surface area (Å²) in [5.41, 5.74) is 0.636. The molecule has 0 bridgehead atoms. The van der Waals surface area contributed by atoms with Gasteiger partial charge in [-0.2, -0.15) is 0 Å². The first-order valence-corrected chi connectivity index (χ1v) is 3.37. The van der Waals surface area contributed by atoms with Crippen molar-refractivity contribution < 1.29 is 13.9 Å². The molecule has 0 saturated heterocycles. The predicted molar refractivity (Wildman–Crippen MR) is 40.4 cm³/mol. The van der Waals surface area contributed by atoms with Gasteiger partial charge in [0.2, 0.25) is 0 Å². The molecular formula is C8H8FNO2. The summed E-state index contributed by atoms with van der Waals surface area (Å²) in [7, 11) is 1.27. The third-order valence-electron chi connectivity index (χ3n) is 1.37. The smallest absolute Gasteiger partial charge is 0.356 e. The number of aromatic nitrogens is 1. The Labute approximate surface area is 69.2 Å². The SMILES string of the molecule is COC(=O)c1ccc(CF)cn1. The minimum absolute atomic E-state index is 0.190. The molecule has 12 heavy (non-hydrogen) atoms. The molecule has 0 spiro atoms. The van der Waals surface area contributed by atoms with Crippen LogP contribution in [0, 0.1) is 0 Å². The largest absolute Gasteiger partial charge is 0.464 e. The van der Waals surface area contributed by atoms with Gasteiger partial charge in [0.05, 0.1) is 7.11 Å². The molecule has 0 atom stereocenters. The molecule has 0 radical (unpaired) electrons. The normalized spacial score (nSPS) is 9.50. The number of hydrogen-bond acceptors (Lipinski definition) is 3. The second kappa shape index (κ2) is 3.80. The highest BCUT2D eigenvalue weighted by Gasteiger charge is 2.05. The standard InChI is InChI=1S/C8H8FNO2/c1-12-8(11)7-3-2-6(4-9)5-10-7/h2-3,5H,4H2,1H3. The molecule has 3 nitrogen and oxygen atoms in total. The molecule has 0 aliphatic carbocycles. The number of hydrogen-bond donors (Lipinski definition) is 0. The Balaban J connectivity index is 2.84. The number of rotatable bonds is 2. The highest BCUT2D eigenvalue weighted by atomic mass is 19.1. The molecule has 1 aromatic heterocycles. The molecule has 0 unspecified atom stereocenters. The molecular weight excluding hydrogens is 161 g/mol. The minimum Gasteiger partial charge on any atom is -0.464 e. The van der Waals surface area contributed by atoms with Crippen molar-refractivity contribution in [2.75, 3.05) is 7.11 Å². The molecule has 0 aliphatic heterocycles. The highest BCUT2D eigenvalue weighted by molar-refractivity contribution is 5.86. The van der Waals surface area contributed by atoms with Crippen molar-refractivity contribution in [3.8, 4) is 0 Å². The molecule has 4 heteroatoms. The van der Waals surface area contributed by atoms with Gasteiger partial charge in [0.15, 0.2) is 0 Å². The maximum Gasteiger partial charge on any atom is 0.356 e.